The molecular formula is C14H20FO5P. The lowest BCUT2D eigenvalue weighted by atomic mass is 10.1. The van der Waals surface area contributed by atoms with E-state index in [9.17, 15) is 9.36 Å². The monoisotopic (exact) mass is 318 g/mol. The number of alkyl halides is 1. The number of benzene rings is 1. The van der Waals surface area contributed by atoms with Crippen LogP contribution in [0.1, 0.15) is 26.3 Å². The van der Waals surface area contributed by atoms with Gasteiger partial charge in [-0.3, -0.25) is 4.57 Å². The molecule has 0 saturated heterocycles. The molecule has 7 heteroatoms. The Morgan fingerprint density at radius 3 is 2.05 bits per heavy atom. The first-order valence-electron chi connectivity index (χ1n) is 6.77. The van der Waals surface area contributed by atoms with Crippen LogP contribution in [0.4, 0.5) is 4.39 Å². The SMILES string of the molecule is CCOC(=O)C(F)(c1ccccc1)P(=O)(OCC)OCC. The molecule has 1 rings (SSSR count). The van der Waals surface area contributed by atoms with Gasteiger partial charge in [0.15, 0.2) is 0 Å². The van der Waals surface area contributed by atoms with Gasteiger partial charge in [-0.1, -0.05) is 30.3 Å². The molecule has 21 heavy (non-hydrogen) atoms. The van der Waals surface area contributed by atoms with Gasteiger partial charge in [0.05, 0.1) is 19.8 Å². The molecule has 0 aliphatic carbocycles. The summed E-state index contributed by atoms with van der Waals surface area (Å²) in [6.45, 7) is 4.46. The first-order valence-corrected chi connectivity index (χ1v) is 8.31. The predicted molar refractivity (Wildman–Crippen MR) is 76.7 cm³/mol. The molecule has 0 amide bonds. The Balaban J connectivity index is 3.43. The topological polar surface area (TPSA) is 61.8 Å². The zero-order valence-electron chi connectivity index (χ0n) is 12.4. The van der Waals surface area contributed by atoms with E-state index in [1.807, 2.05) is 0 Å². The van der Waals surface area contributed by atoms with Gasteiger partial charge in [-0.25, -0.2) is 9.18 Å². The molecule has 0 aromatic heterocycles. The third kappa shape index (κ3) is 3.51. The summed E-state index contributed by atoms with van der Waals surface area (Å²) in [5.74, 6) is -1.28. The number of esters is 1. The van der Waals surface area contributed by atoms with Crippen LogP contribution in [0.2, 0.25) is 0 Å². The van der Waals surface area contributed by atoms with Crippen LogP contribution in [-0.2, 0) is 28.6 Å². The van der Waals surface area contributed by atoms with Gasteiger partial charge in [-0.15, -0.1) is 0 Å². The number of carbonyl (C=O) groups is 1. The molecule has 118 valence electrons. The van der Waals surface area contributed by atoms with Crippen LogP contribution in [0.3, 0.4) is 0 Å². The second-order valence-electron chi connectivity index (χ2n) is 4.04. The zero-order valence-corrected chi connectivity index (χ0v) is 13.3. The molecule has 0 aliphatic heterocycles. The summed E-state index contributed by atoms with van der Waals surface area (Å²) < 4.78 is 43.2. The van der Waals surface area contributed by atoms with E-state index in [2.05, 4.69) is 0 Å². The molecule has 0 spiro atoms. The summed E-state index contributed by atoms with van der Waals surface area (Å²) in [7, 11) is -4.39. The maximum Gasteiger partial charge on any atom is 0.383 e. The fourth-order valence-corrected chi connectivity index (χ4v) is 3.69. The van der Waals surface area contributed by atoms with Gasteiger partial charge in [0.2, 0.25) is 0 Å². The van der Waals surface area contributed by atoms with Crippen molar-refractivity contribution in [3.8, 4) is 0 Å². The number of carbonyl (C=O) groups excluding carboxylic acids is 1. The molecule has 0 saturated carbocycles. The van der Waals surface area contributed by atoms with Crippen molar-refractivity contribution in [3.63, 3.8) is 0 Å². The summed E-state index contributed by atoms with van der Waals surface area (Å²) in [4.78, 5) is 12.1. The van der Waals surface area contributed by atoms with Crippen LogP contribution in [0, 0.1) is 0 Å². The van der Waals surface area contributed by atoms with Crippen molar-refractivity contribution in [2.24, 2.45) is 0 Å². The maximum absolute atomic E-state index is 15.5. The molecule has 1 atom stereocenters. The van der Waals surface area contributed by atoms with Crippen molar-refractivity contribution in [1.82, 2.24) is 0 Å². The Kier molecular flexibility index (Phi) is 6.52. The second kappa shape index (κ2) is 7.69. The molecule has 1 aromatic carbocycles. The van der Waals surface area contributed by atoms with Crippen LogP contribution in [0.5, 0.6) is 0 Å². The molecule has 0 heterocycles. The Hall–Kier alpha value is -1.23. The first-order chi connectivity index (χ1) is 9.96. The van der Waals surface area contributed by atoms with Gasteiger partial charge in [0.25, 0.3) is 0 Å². The highest BCUT2D eigenvalue weighted by Crippen LogP contribution is 2.66. The van der Waals surface area contributed by atoms with Gasteiger partial charge in [-0.05, 0) is 20.8 Å². The number of ether oxygens (including phenoxy) is 1. The highest BCUT2D eigenvalue weighted by Gasteiger charge is 2.61. The smallest absolute Gasteiger partial charge is 0.383 e. The summed E-state index contributed by atoms with van der Waals surface area (Å²) in [5.41, 5.74) is -0.117. The quantitative estimate of drug-likeness (QED) is 0.541. The second-order valence-corrected chi connectivity index (χ2v) is 6.17. The van der Waals surface area contributed by atoms with Crippen molar-refractivity contribution in [1.29, 1.82) is 0 Å². The van der Waals surface area contributed by atoms with Crippen molar-refractivity contribution in [2.75, 3.05) is 19.8 Å². The van der Waals surface area contributed by atoms with Gasteiger partial charge in [0, 0.05) is 5.56 Å². The third-order valence-corrected chi connectivity index (χ3v) is 5.07. The molecule has 0 aliphatic rings. The van der Waals surface area contributed by atoms with Gasteiger partial charge in [0.1, 0.15) is 0 Å². The number of halogens is 1. The van der Waals surface area contributed by atoms with Crippen molar-refractivity contribution in [2.45, 2.75) is 26.2 Å². The zero-order chi connectivity index (χ0) is 15.9. The fraction of sp³-hybridized carbons (Fsp3) is 0.500. The average Bonchev–Trinajstić information content (AvgIpc) is 2.48. The minimum atomic E-state index is -4.39. The lowest BCUT2D eigenvalue weighted by molar-refractivity contribution is -0.153. The van der Waals surface area contributed by atoms with Crippen LogP contribution in [-0.4, -0.2) is 25.8 Å². The van der Waals surface area contributed by atoms with Crippen LogP contribution >= 0.6 is 7.60 Å². The lowest BCUT2D eigenvalue weighted by Gasteiger charge is -2.30. The summed E-state index contributed by atoms with van der Waals surface area (Å²) in [6.07, 6.45) is 0. The van der Waals surface area contributed by atoms with Gasteiger partial charge < -0.3 is 13.8 Å². The molecule has 0 fully saturated rings. The van der Waals surface area contributed by atoms with Crippen LogP contribution < -0.4 is 0 Å². The Bertz CT molecular complexity index is 497. The van der Waals surface area contributed by atoms with E-state index >= 15 is 4.39 Å². The van der Waals surface area contributed by atoms with E-state index in [1.165, 1.54) is 31.2 Å². The molecule has 0 bridgehead atoms. The Morgan fingerprint density at radius 1 is 1.10 bits per heavy atom. The van der Waals surface area contributed by atoms with Crippen molar-refractivity contribution < 1.29 is 27.5 Å². The minimum Gasteiger partial charge on any atom is -0.463 e. The third-order valence-electron chi connectivity index (χ3n) is 2.68. The van der Waals surface area contributed by atoms with E-state index < -0.39 is 19.0 Å². The van der Waals surface area contributed by atoms with Crippen LogP contribution in [0.25, 0.3) is 0 Å². The average molecular weight is 318 g/mol. The largest absolute Gasteiger partial charge is 0.463 e. The summed E-state index contributed by atoms with van der Waals surface area (Å²) in [6, 6.07) is 7.42. The van der Waals surface area contributed by atoms with E-state index in [0.29, 0.717) is 0 Å². The number of rotatable bonds is 8. The normalized spacial score (nSPS) is 14.5. The molecule has 0 N–H and O–H groups in total. The number of hydrogen-bond donors (Lipinski definition) is 0. The molecule has 0 radical (unpaired) electrons. The van der Waals surface area contributed by atoms with Gasteiger partial charge in [-0.2, -0.15) is 0 Å². The Labute approximate surface area is 123 Å². The van der Waals surface area contributed by atoms with Crippen molar-refractivity contribution >= 4 is 13.6 Å². The van der Waals surface area contributed by atoms with Crippen molar-refractivity contribution in [3.05, 3.63) is 35.9 Å². The van der Waals surface area contributed by atoms with Crippen LogP contribution in [0.15, 0.2) is 30.3 Å². The first kappa shape index (κ1) is 17.8. The standard InChI is InChI=1S/C14H20FO5P/c1-4-18-13(16)14(15,12-10-8-7-9-11-12)21(17,19-5-2)20-6-3/h7-11H,4-6H2,1-3H3. The van der Waals surface area contributed by atoms with E-state index in [4.69, 9.17) is 13.8 Å². The molecule has 1 unspecified atom stereocenters. The van der Waals surface area contributed by atoms with E-state index in [-0.39, 0.29) is 25.4 Å². The number of hydrogen-bond acceptors (Lipinski definition) is 5. The maximum atomic E-state index is 15.5. The Morgan fingerprint density at radius 2 is 1.62 bits per heavy atom. The summed E-state index contributed by atoms with van der Waals surface area (Å²) >= 11 is 0. The molecule has 1 aromatic rings. The van der Waals surface area contributed by atoms with E-state index in [0.717, 1.165) is 0 Å². The summed E-state index contributed by atoms with van der Waals surface area (Å²) in [5, 5.41) is -2.99. The van der Waals surface area contributed by atoms with Gasteiger partial charge >= 0.3 is 19.0 Å². The highest BCUT2D eigenvalue weighted by molar-refractivity contribution is 7.56. The lowest BCUT2D eigenvalue weighted by Crippen LogP contribution is -2.34. The molecular weight excluding hydrogens is 298 g/mol. The molecule has 5 nitrogen and oxygen atoms in total. The minimum absolute atomic E-state index is 0.0460. The van der Waals surface area contributed by atoms with E-state index in [1.54, 1.807) is 19.9 Å². The fourth-order valence-electron chi connectivity index (χ4n) is 1.83. The highest BCUT2D eigenvalue weighted by atomic mass is 31.2. The predicted octanol–water partition coefficient (Wildman–Crippen LogP) is 3.64.